The highest BCUT2D eigenvalue weighted by Gasteiger charge is 2.27. The number of aromatic amines is 1. The van der Waals surface area contributed by atoms with E-state index < -0.39 is 12.0 Å². The number of carbonyl (C=O) groups excluding carboxylic acids is 3. The first-order valence-electron chi connectivity index (χ1n) is 10.6. The zero-order valence-electron chi connectivity index (χ0n) is 18.8. The number of benzene rings is 1. The van der Waals surface area contributed by atoms with Crippen LogP contribution in [0.4, 0.5) is 0 Å². The molecule has 0 spiro atoms. The Morgan fingerprint density at radius 2 is 1.78 bits per heavy atom. The van der Waals surface area contributed by atoms with E-state index in [1.165, 1.54) is 11.3 Å². The number of para-hydroxylation sites is 1. The molecule has 2 amide bonds. The number of H-pyrrole nitrogens is 1. The fourth-order valence-electron chi connectivity index (χ4n) is 3.83. The highest BCUT2D eigenvalue weighted by atomic mass is 32.1. The monoisotopic (exact) mass is 455 g/mol. The zero-order chi connectivity index (χ0) is 23.3. The van der Waals surface area contributed by atoms with Crippen LogP contribution in [0.15, 0.2) is 48.0 Å². The van der Waals surface area contributed by atoms with Crippen LogP contribution in [0.5, 0.6) is 0 Å². The van der Waals surface area contributed by atoms with Gasteiger partial charge in [0, 0.05) is 35.6 Å². The van der Waals surface area contributed by atoms with E-state index >= 15 is 0 Å². The molecule has 0 radical (unpaired) electrons. The van der Waals surface area contributed by atoms with E-state index in [2.05, 4.69) is 10.3 Å². The first-order valence-corrected chi connectivity index (χ1v) is 11.5. The van der Waals surface area contributed by atoms with E-state index in [1.807, 2.05) is 58.2 Å². The van der Waals surface area contributed by atoms with E-state index in [-0.39, 0.29) is 36.9 Å². The van der Waals surface area contributed by atoms with Crippen molar-refractivity contribution in [3.8, 4) is 0 Å². The summed E-state index contributed by atoms with van der Waals surface area (Å²) in [6.07, 6.45) is 2.07. The third-order valence-electron chi connectivity index (χ3n) is 5.17. The number of hydrogen-bond acceptors (Lipinski definition) is 5. The molecule has 3 rings (SSSR count). The third-order valence-corrected chi connectivity index (χ3v) is 6.04. The molecule has 0 saturated heterocycles. The van der Waals surface area contributed by atoms with Crippen LogP contribution in [0, 0.1) is 0 Å². The van der Waals surface area contributed by atoms with Crippen molar-refractivity contribution in [3.05, 3.63) is 58.4 Å². The van der Waals surface area contributed by atoms with Gasteiger partial charge in [-0.15, -0.1) is 11.3 Å². The first-order chi connectivity index (χ1) is 15.3. The van der Waals surface area contributed by atoms with Gasteiger partial charge >= 0.3 is 5.97 Å². The second-order valence-electron chi connectivity index (χ2n) is 8.16. The summed E-state index contributed by atoms with van der Waals surface area (Å²) >= 11 is 1.29. The van der Waals surface area contributed by atoms with E-state index in [1.54, 1.807) is 22.4 Å². The number of carbonyl (C=O) groups is 3. The van der Waals surface area contributed by atoms with E-state index in [0.717, 1.165) is 16.5 Å². The van der Waals surface area contributed by atoms with Crippen molar-refractivity contribution in [3.63, 3.8) is 0 Å². The number of thiophene rings is 1. The molecule has 0 bridgehead atoms. The Labute approximate surface area is 191 Å². The summed E-state index contributed by atoms with van der Waals surface area (Å²) in [5.41, 5.74) is 1.82. The van der Waals surface area contributed by atoms with E-state index in [4.69, 9.17) is 4.74 Å². The van der Waals surface area contributed by atoms with Gasteiger partial charge < -0.3 is 19.9 Å². The van der Waals surface area contributed by atoms with Crippen LogP contribution in [-0.2, 0) is 20.7 Å². The third kappa shape index (κ3) is 5.56. The molecule has 32 heavy (non-hydrogen) atoms. The molecule has 1 aromatic carbocycles. The summed E-state index contributed by atoms with van der Waals surface area (Å²) in [4.78, 5) is 43.6. The maximum atomic E-state index is 13.0. The average molecular weight is 456 g/mol. The summed E-state index contributed by atoms with van der Waals surface area (Å²) in [5, 5.41) is 5.55. The van der Waals surface area contributed by atoms with Crippen LogP contribution >= 0.6 is 11.3 Å². The number of esters is 1. The van der Waals surface area contributed by atoms with Crippen molar-refractivity contribution in [2.75, 3.05) is 6.61 Å². The first kappa shape index (κ1) is 23.5. The summed E-state index contributed by atoms with van der Waals surface area (Å²) in [6, 6.07) is 10.3. The van der Waals surface area contributed by atoms with Gasteiger partial charge in [-0.1, -0.05) is 24.3 Å². The molecular formula is C24H29N3O4S. The van der Waals surface area contributed by atoms with Crippen molar-refractivity contribution in [2.45, 2.75) is 52.2 Å². The van der Waals surface area contributed by atoms with Gasteiger partial charge in [0.1, 0.15) is 6.04 Å². The van der Waals surface area contributed by atoms with E-state index in [9.17, 15) is 14.4 Å². The molecule has 7 nitrogen and oxygen atoms in total. The van der Waals surface area contributed by atoms with Gasteiger partial charge in [0.05, 0.1) is 4.88 Å². The number of ether oxygens (including phenoxy) is 1. The molecule has 0 aliphatic heterocycles. The molecule has 8 heteroatoms. The molecule has 0 saturated carbocycles. The Bertz CT molecular complexity index is 1060. The molecule has 0 fully saturated rings. The molecule has 0 aliphatic rings. The average Bonchev–Trinajstić information content (AvgIpc) is 3.41. The van der Waals surface area contributed by atoms with Gasteiger partial charge in [-0.05, 0) is 50.8 Å². The van der Waals surface area contributed by atoms with Gasteiger partial charge in [0.2, 0.25) is 0 Å². The Hall–Kier alpha value is -3.13. The Morgan fingerprint density at radius 1 is 1.06 bits per heavy atom. The maximum absolute atomic E-state index is 13.0. The predicted octanol–water partition coefficient (Wildman–Crippen LogP) is 3.76. The molecule has 1 atom stereocenters. The summed E-state index contributed by atoms with van der Waals surface area (Å²) in [6.45, 7) is 7.30. The minimum absolute atomic E-state index is 0.0123. The molecular weight excluding hydrogens is 426 g/mol. The molecule has 2 aromatic heterocycles. The molecule has 0 unspecified atom stereocenters. The minimum atomic E-state index is -0.928. The zero-order valence-corrected chi connectivity index (χ0v) is 19.6. The van der Waals surface area contributed by atoms with Gasteiger partial charge in [-0.3, -0.25) is 9.59 Å². The Morgan fingerprint density at radius 3 is 2.44 bits per heavy atom. The summed E-state index contributed by atoms with van der Waals surface area (Å²) in [5.74, 6) is -1.25. The standard InChI is InChI=1S/C24H29N3O4S/c1-15(2)27(16(3)4)22(28)14-31-24(30)20(26-23(29)21-10-7-11-32-21)12-17-13-25-19-9-6-5-8-18(17)19/h5-11,13,15-16,20,25H,12,14H2,1-4H3,(H,26,29)/t20-/m0/s1. The molecule has 170 valence electrons. The van der Waals surface area contributed by atoms with Gasteiger partial charge in [0.15, 0.2) is 6.61 Å². The van der Waals surface area contributed by atoms with Crippen LogP contribution in [0.1, 0.15) is 42.9 Å². The number of hydrogen-bond donors (Lipinski definition) is 2. The Kier molecular flexibility index (Phi) is 7.69. The van der Waals surface area contributed by atoms with Gasteiger partial charge in [0.25, 0.3) is 11.8 Å². The number of aromatic nitrogens is 1. The van der Waals surface area contributed by atoms with Crippen LogP contribution in [0.2, 0.25) is 0 Å². The van der Waals surface area contributed by atoms with Crippen molar-refractivity contribution in [1.29, 1.82) is 0 Å². The lowest BCUT2D eigenvalue weighted by Crippen LogP contribution is -2.47. The SMILES string of the molecule is CC(C)N(C(=O)COC(=O)[C@H](Cc1c[nH]c2ccccc12)NC(=O)c1cccs1)C(C)C. The number of rotatable bonds is 9. The lowest BCUT2D eigenvalue weighted by molar-refractivity contribution is -0.155. The van der Waals surface area contributed by atoms with Crippen molar-refractivity contribution in [1.82, 2.24) is 15.2 Å². The topological polar surface area (TPSA) is 91.5 Å². The number of nitrogens with one attached hydrogen (secondary N) is 2. The maximum Gasteiger partial charge on any atom is 0.329 e. The molecule has 0 aliphatic carbocycles. The fourth-order valence-corrected chi connectivity index (χ4v) is 4.46. The molecule has 2 N–H and O–H groups in total. The second kappa shape index (κ2) is 10.5. The highest BCUT2D eigenvalue weighted by Crippen LogP contribution is 2.20. The highest BCUT2D eigenvalue weighted by molar-refractivity contribution is 7.12. The van der Waals surface area contributed by atoms with Crippen LogP contribution in [-0.4, -0.2) is 52.4 Å². The van der Waals surface area contributed by atoms with Gasteiger partial charge in [-0.2, -0.15) is 0 Å². The van der Waals surface area contributed by atoms with Crippen molar-refractivity contribution >= 4 is 40.0 Å². The van der Waals surface area contributed by atoms with Gasteiger partial charge in [-0.25, -0.2) is 4.79 Å². The van der Waals surface area contributed by atoms with Crippen molar-refractivity contribution < 1.29 is 19.1 Å². The molecule has 3 aromatic rings. The summed E-state index contributed by atoms with van der Waals surface area (Å²) in [7, 11) is 0. The second-order valence-corrected chi connectivity index (χ2v) is 9.11. The van der Waals surface area contributed by atoms with Crippen LogP contribution in [0.3, 0.4) is 0 Å². The normalized spacial score (nSPS) is 12.2. The minimum Gasteiger partial charge on any atom is -0.454 e. The van der Waals surface area contributed by atoms with Crippen LogP contribution in [0.25, 0.3) is 10.9 Å². The Balaban J connectivity index is 1.76. The lowest BCUT2D eigenvalue weighted by atomic mass is 10.0. The summed E-state index contributed by atoms with van der Waals surface area (Å²) < 4.78 is 5.37. The lowest BCUT2D eigenvalue weighted by Gasteiger charge is -2.30. The number of nitrogens with zero attached hydrogens (tertiary/aromatic N) is 1. The quantitative estimate of drug-likeness (QED) is 0.481. The number of fused-ring (bicyclic) bond motifs is 1. The van der Waals surface area contributed by atoms with E-state index in [0.29, 0.717) is 4.88 Å². The smallest absolute Gasteiger partial charge is 0.329 e. The predicted molar refractivity (Wildman–Crippen MR) is 126 cm³/mol. The largest absolute Gasteiger partial charge is 0.454 e. The molecule has 2 heterocycles. The number of amides is 2. The fraction of sp³-hybridized carbons (Fsp3) is 0.375. The van der Waals surface area contributed by atoms with Crippen molar-refractivity contribution in [2.24, 2.45) is 0 Å². The van der Waals surface area contributed by atoms with Crippen LogP contribution < -0.4 is 5.32 Å².